The first-order valence-electron chi connectivity index (χ1n) is 6.35. The first-order valence-corrected chi connectivity index (χ1v) is 6.35. The fourth-order valence-corrected chi connectivity index (χ4v) is 1.73. The Morgan fingerprint density at radius 3 is 2.65 bits per heavy atom. The molecule has 0 aromatic carbocycles. The van der Waals surface area contributed by atoms with E-state index in [1.54, 1.807) is 12.3 Å². The van der Waals surface area contributed by atoms with E-state index in [1.807, 2.05) is 6.07 Å². The Kier molecular flexibility index (Phi) is 6.58. The molecule has 0 fully saturated rings. The van der Waals surface area contributed by atoms with Gasteiger partial charge in [-0.3, -0.25) is 5.73 Å². The van der Waals surface area contributed by atoms with E-state index in [-0.39, 0.29) is 0 Å². The third-order valence-corrected chi connectivity index (χ3v) is 2.88. The lowest BCUT2D eigenvalue weighted by molar-refractivity contribution is 0.298. The molecule has 0 atom stereocenters. The van der Waals surface area contributed by atoms with E-state index < -0.39 is 0 Å². The minimum Gasteiger partial charge on any atom is -0.313 e. The summed E-state index contributed by atoms with van der Waals surface area (Å²) in [5.41, 5.74) is 8.43. The first kappa shape index (κ1) is 13.9. The molecule has 1 aromatic heterocycles. The molecule has 0 saturated carbocycles. The number of rotatable bonds is 8. The van der Waals surface area contributed by atoms with Crippen molar-refractivity contribution < 1.29 is 0 Å². The van der Waals surface area contributed by atoms with Crippen molar-refractivity contribution in [2.75, 3.05) is 26.2 Å². The molecule has 95 valence electrons. The van der Waals surface area contributed by atoms with Crippen LogP contribution >= 0.6 is 0 Å². The molecule has 0 saturated heterocycles. The Labute approximate surface area is 104 Å². The predicted molar refractivity (Wildman–Crippen MR) is 71.1 cm³/mol. The van der Waals surface area contributed by atoms with Gasteiger partial charge in [-0.15, -0.1) is 0 Å². The number of pyridine rings is 1. The minimum absolute atomic E-state index is 0.329. The summed E-state index contributed by atoms with van der Waals surface area (Å²) in [6.45, 7) is 9.68. The minimum atomic E-state index is 0.329. The lowest BCUT2D eigenvalue weighted by Crippen LogP contribution is -2.27. The highest BCUT2D eigenvalue weighted by atomic mass is 15.1. The number of hydrogen-bond donors (Lipinski definition) is 1. The van der Waals surface area contributed by atoms with Gasteiger partial charge in [0.25, 0.3) is 0 Å². The molecule has 2 N–H and O–H groups in total. The van der Waals surface area contributed by atoms with Crippen LogP contribution in [0.1, 0.15) is 25.8 Å². The van der Waals surface area contributed by atoms with Crippen molar-refractivity contribution in [3.63, 3.8) is 0 Å². The number of nitrogens with zero attached hydrogens (tertiary/aromatic N) is 2. The summed E-state index contributed by atoms with van der Waals surface area (Å²) in [6, 6.07) is 3.68. The standard InChI is InChI=1S/C13H23N4/c1-3-17(4-2)9-5-8-15-10-12-6-7-13(14)16-11-12/h6-7,11,14-15H,3-5,8-10H2,1-2H3. The van der Waals surface area contributed by atoms with Crippen LogP contribution in [0.4, 0.5) is 5.82 Å². The van der Waals surface area contributed by atoms with Gasteiger partial charge in [0.15, 0.2) is 0 Å². The number of nitrogens with one attached hydrogen (secondary N) is 2. The van der Waals surface area contributed by atoms with Crippen molar-refractivity contribution >= 4 is 5.82 Å². The van der Waals surface area contributed by atoms with Crippen molar-refractivity contribution in [2.24, 2.45) is 0 Å². The van der Waals surface area contributed by atoms with Crippen molar-refractivity contribution in [1.29, 1.82) is 0 Å². The molecular weight excluding hydrogens is 212 g/mol. The Hall–Kier alpha value is -1.13. The summed E-state index contributed by atoms with van der Waals surface area (Å²) in [4.78, 5) is 6.38. The van der Waals surface area contributed by atoms with E-state index in [4.69, 9.17) is 5.73 Å². The second kappa shape index (κ2) is 8.03. The highest BCUT2D eigenvalue weighted by Gasteiger charge is 1.98. The van der Waals surface area contributed by atoms with Gasteiger partial charge in [0, 0.05) is 12.7 Å². The molecule has 1 radical (unpaired) electrons. The fourth-order valence-electron chi connectivity index (χ4n) is 1.73. The zero-order chi connectivity index (χ0) is 12.5. The summed E-state index contributed by atoms with van der Waals surface area (Å²) in [5.74, 6) is 0.329. The van der Waals surface area contributed by atoms with Crippen molar-refractivity contribution in [3.8, 4) is 0 Å². The quantitative estimate of drug-likeness (QED) is 0.699. The maximum Gasteiger partial charge on any atom is 0.144 e. The zero-order valence-corrected chi connectivity index (χ0v) is 10.9. The summed E-state index contributed by atoms with van der Waals surface area (Å²) in [6.07, 6.45) is 2.94. The Bertz CT molecular complexity index is 293. The van der Waals surface area contributed by atoms with Crippen LogP contribution in [-0.2, 0) is 6.54 Å². The molecule has 0 aliphatic rings. The van der Waals surface area contributed by atoms with Gasteiger partial charge in [0.2, 0.25) is 0 Å². The van der Waals surface area contributed by atoms with E-state index in [0.29, 0.717) is 5.82 Å². The van der Waals surface area contributed by atoms with E-state index >= 15 is 0 Å². The maximum atomic E-state index is 7.29. The summed E-state index contributed by atoms with van der Waals surface area (Å²) >= 11 is 0. The molecule has 4 heteroatoms. The monoisotopic (exact) mass is 235 g/mol. The van der Waals surface area contributed by atoms with Gasteiger partial charge in [-0.25, -0.2) is 4.98 Å². The van der Waals surface area contributed by atoms with Gasteiger partial charge in [-0.2, -0.15) is 0 Å². The molecule has 0 amide bonds. The highest BCUT2D eigenvalue weighted by Crippen LogP contribution is 2.01. The van der Waals surface area contributed by atoms with Crippen LogP contribution in [0, 0.1) is 0 Å². The third-order valence-electron chi connectivity index (χ3n) is 2.88. The summed E-state index contributed by atoms with van der Waals surface area (Å²) in [5, 5.41) is 3.40. The molecule has 17 heavy (non-hydrogen) atoms. The Morgan fingerprint density at radius 2 is 2.06 bits per heavy atom. The molecular formula is C13H23N4. The van der Waals surface area contributed by atoms with Crippen LogP contribution in [0.5, 0.6) is 0 Å². The van der Waals surface area contributed by atoms with Crippen molar-refractivity contribution in [2.45, 2.75) is 26.8 Å². The van der Waals surface area contributed by atoms with Crippen LogP contribution < -0.4 is 11.1 Å². The summed E-state index contributed by atoms with van der Waals surface area (Å²) < 4.78 is 0. The molecule has 0 aliphatic heterocycles. The molecule has 0 unspecified atom stereocenters. The molecule has 1 aromatic rings. The van der Waals surface area contributed by atoms with Gasteiger partial charge in [0.05, 0.1) is 0 Å². The Morgan fingerprint density at radius 1 is 1.29 bits per heavy atom. The van der Waals surface area contributed by atoms with Crippen LogP contribution in [-0.4, -0.2) is 36.1 Å². The topological polar surface area (TPSA) is 52.0 Å². The highest BCUT2D eigenvalue weighted by molar-refractivity contribution is 5.25. The van der Waals surface area contributed by atoms with Gasteiger partial charge in [0.1, 0.15) is 5.82 Å². The molecule has 0 aliphatic carbocycles. The second-order valence-corrected chi connectivity index (χ2v) is 4.11. The summed E-state index contributed by atoms with van der Waals surface area (Å²) in [7, 11) is 0. The van der Waals surface area contributed by atoms with Crippen LogP contribution in [0.3, 0.4) is 0 Å². The molecule has 4 nitrogen and oxygen atoms in total. The molecule has 1 heterocycles. The van der Waals surface area contributed by atoms with Gasteiger partial charge < -0.3 is 10.2 Å². The van der Waals surface area contributed by atoms with E-state index in [1.165, 1.54) is 6.42 Å². The van der Waals surface area contributed by atoms with Crippen LogP contribution in [0.2, 0.25) is 0 Å². The third kappa shape index (κ3) is 5.65. The number of aromatic nitrogens is 1. The van der Waals surface area contributed by atoms with E-state index in [2.05, 4.69) is 29.0 Å². The molecule has 1 rings (SSSR count). The van der Waals surface area contributed by atoms with Gasteiger partial charge in [-0.1, -0.05) is 19.9 Å². The first-order chi connectivity index (χ1) is 8.26. The lowest BCUT2D eigenvalue weighted by Gasteiger charge is -2.17. The lowest BCUT2D eigenvalue weighted by atomic mass is 10.2. The van der Waals surface area contributed by atoms with Gasteiger partial charge >= 0.3 is 0 Å². The normalized spacial score (nSPS) is 11.0. The Balaban J connectivity index is 2.10. The average molecular weight is 235 g/mol. The van der Waals surface area contributed by atoms with Crippen LogP contribution in [0.15, 0.2) is 18.3 Å². The SMILES string of the molecule is CCN(CC)CCCNCc1ccc([NH])nc1. The van der Waals surface area contributed by atoms with E-state index in [9.17, 15) is 0 Å². The largest absolute Gasteiger partial charge is 0.313 e. The van der Waals surface area contributed by atoms with Gasteiger partial charge in [-0.05, 0) is 44.2 Å². The van der Waals surface area contributed by atoms with Crippen LogP contribution in [0.25, 0.3) is 0 Å². The zero-order valence-electron chi connectivity index (χ0n) is 10.9. The molecule has 0 bridgehead atoms. The smallest absolute Gasteiger partial charge is 0.144 e. The van der Waals surface area contributed by atoms with Crippen molar-refractivity contribution in [1.82, 2.24) is 20.9 Å². The molecule has 0 spiro atoms. The second-order valence-electron chi connectivity index (χ2n) is 4.11. The van der Waals surface area contributed by atoms with E-state index in [0.717, 1.165) is 38.3 Å². The van der Waals surface area contributed by atoms with Crippen molar-refractivity contribution in [3.05, 3.63) is 23.9 Å². The average Bonchev–Trinajstić information content (AvgIpc) is 2.36. The predicted octanol–water partition coefficient (Wildman–Crippen LogP) is 1.82. The number of hydrogen-bond acceptors (Lipinski definition) is 3. The maximum absolute atomic E-state index is 7.29. The fraction of sp³-hybridized carbons (Fsp3) is 0.615.